The molecule has 142 valence electrons. The standard InChI is InChI=1S/C22H25FN2O2/c1-15(2)11-12-24-21(26)13-20(16-7-9-18(23)10-8-16)25-14-17-5-3-4-6-19(17)22(25)27/h3-10,15,20H,11-14H2,1-2H3,(H,24,26)/t20-/m1/s1. The van der Waals surface area contributed by atoms with Crippen molar-refractivity contribution < 1.29 is 14.0 Å². The number of benzene rings is 2. The Balaban J connectivity index is 1.80. The maximum atomic E-state index is 13.4. The molecule has 0 aromatic heterocycles. The summed E-state index contributed by atoms with van der Waals surface area (Å²) >= 11 is 0. The van der Waals surface area contributed by atoms with Crippen LogP contribution in [0.2, 0.25) is 0 Å². The number of hydrogen-bond acceptors (Lipinski definition) is 2. The maximum absolute atomic E-state index is 13.4. The van der Waals surface area contributed by atoms with Crippen molar-refractivity contribution in [3.05, 3.63) is 71.0 Å². The second-order valence-electron chi connectivity index (χ2n) is 7.39. The second kappa shape index (κ2) is 8.33. The molecule has 5 heteroatoms. The van der Waals surface area contributed by atoms with E-state index < -0.39 is 6.04 Å². The van der Waals surface area contributed by atoms with Gasteiger partial charge in [0.25, 0.3) is 5.91 Å². The van der Waals surface area contributed by atoms with E-state index in [2.05, 4.69) is 19.2 Å². The van der Waals surface area contributed by atoms with Gasteiger partial charge in [0.1, 0.15) is 5.82 Å². The fourth-order valence-electron chi connectivity index (χ4n) is 3.37. The van der Waals surface area contributed by atoms with Crippen LogP contribution >= 0.6 is 0 Å². The highest BCUT2D eigenvalue weighted by molar-refractivity contribution is 5.98. The van der Waals surface area contributed by atoms with E-state index in [9.17, 15) is 14.0 Å². The molecule has 0 saturated heterocycles. The molecule has 0 spiro atoms. The Kier molecular flexibility index (Phi) is 5.89. The summed E-state index contributed by atoms with van der Waals surface area (Å²) in [7, 11) is 0. The van der Waals surface area contributed by atoms with Crippen molar-refractivity contribution in [3.8, 4) is 0 Å². The van der Waals surface area contributed by atoms with E-state index in [0.29, 0.717) is 24.6 Å². The molecule has 1 atom stereocenters. The van der Waals surface area contributed by atoms with Gasteiger partial charge in [0.2, 0.25) is 5.91 Å². The van der Waals surface area contributed by atoms with E-state index in [1.807, 2.05) is 24.3 Å². The third-order valence-electron chi connectivity index (χ3n) is 4.90. The number of carbonyl (C=O) groups is 2. The molecule has 0 unspecified atom stereocenters. The number of hydrogen-bond donors (Lipinski definition) is 1. The maximum Gasteiger partial charge on any atom is 0.255 e. The third-order valence-corrected chi connectivity index (χ3v) is 4.90. The Morgan fingerprint density at radius 3 is 2.52 bits per heavy atom. The van der Waals surface area contributed by atoms with Gasteiger partial charge in [-0.15, -0.1) is 0 Å². The average molecular weight is 368 g/mol. The van der Waals surface area contributed by atoms with Gasteiger partial charge < -0.3 is 10.2 Å². The summed E-state index contributed by atoms with van der Waals surface area (Å²) in [6.07, 6.45) is 1.06. The summed E-state index contributed by atoms with van der Waals surface area (Å²) in [5.74, 6) is -0.0218. The summed E-state index contributed by atoms with van der Waals surface area (Å²) in [6, 6.07) is 13.1. The van der Waals surface area contributed by atoms with E-state index in [-0.39, 0.29) is 24.1 Å². The predicted molar refractivity (Wildman–Crippen MR) is 103 cm³/mol. The second-order valence-corrected chi connectivity index (χ2v) is 7.39. The van der Waals surface area contributed by atoms with Crippen molar-refractivity contribution in [2.75, 3.05) is 6.54 Å². The Hall–Kier alpha value is -2.69. The van der Waals surface area contributed by atoms with E-state index in [0.717, 1.165) is 17.5 Å². The number of rotatable bonds is 7. The first kappa shape index (κ1) is 19.1. The van der Waals surface area contributed by atoms with Crippen LogP contribution in [0.25, 0.3) is 0 Å². The summed E-state index contributed by atoms with van der Waals surface area (Å²) in [4.78, 5) is 27.1. The molecule has 2 aromatic rings. The van der Waals surface area contributed by atoms with Crippen LogP contribution in [0.15, 0.2) is 48.5 Å². The van der Waals surface area contributed by atoms with Crippen LogP contribution in [0, 0.1) is 11.7 Å². The third kappa shape index (κ3) is 4.54. The molecule has 0 saturated carbocycles. The van der Waals surface area contributed by atoms with Gasteiger partial charge in [0.05, 0.1) is 12.5 Å². The van der Waals surface area contributed by atoms with Crippen molar-refractivity contribution in [1.29, 1.82) is 0 Å². The molecule has 0 bridgehead atoms. The van der Waals surface area contributed by atoms with Gasteiger partial charge in [0.15, 0.2) is 0 Å². The van der Waals surface area contributed by atoms with E-state index in [1.165, 1.54) is 12.1 Å². The SMILES string of the molecule is CC(C)CCNC(=O)C[C@H](c1ccc(F)cc1)N1Cc2ccccc2C1=O. The molecular weight excluding hydrogens is 343 g/mol. The van der Waals surface area contributed by atoms with Crippen molar-refractivity contribution in [2.24, 2.45) is 5.92 Å². The van der Waals surface area contributed by atoms with Crippen LogP contribution in [0.5, 0.6) is 0 Å². The molecule has 1 aliphatic heterocycles. The van der Waals surface area contributed by atoms with E-state index in [4.69, 9.17) is 0 Å². The predicted octanol–water partition coefficient (Wildman–Crippen LogP) is 4.08. The molecule has 4 nitrogen and oxygen atoms in total. The Morgan fingerprint density at radius 1 is 1.15 bits per heavy atom. The lowest BCUT2D eigenvalue weighted by Crippen LogP contribution is -2.34. The first-order valence-electron chi connectivity index (χ1n) is 9.36. The number of carbonyl (C=O) groups excluding carboxylic acids is 2. The normalized spacial score (nSPS) is 14.4. The first-order valence-corrected chi connectivity index (χ1v) is 9.36. The van der Waals surface area contributed by atoms with Crippen molar-refractivity contribution in [1.82, 2.24) is 10.2 Å². The van der Waals surface area contributed by atoms with Gasteiger partial charge in [-0.3, -0.25) is 9.59 Å². The number of nitrogens with zero attached hydrogens (tertiary/aromatic N) is 1. The van der Waals surface area contributed by atoms with Gasteiger partial charge in [-0.25, -0.2) is 4.39 Å². The molecule has 0 aliphatic carbocycles. The van der Waals surface area contributed by atoms with Gasteiger partial charge in [-0.2, -0.15) is 0 Å². The molecular formula is C22H25FN2O2. The molecule has 1 aliphatic rings. The van der Waals surface area contributed by atoms with E-state index >= 15 is 0 Å². The minimum Gasteiger partial charge on any atom is -0.356 e. The fourth-order valence-corrected chi connectivity index (χ4v) is 3.37. The highest BCUT2D eigenvalue weighted by Gasteiger charge is 2.34. The van der Waals surface area contributed by atoms with Crippen molar-refractivity contribution in [2.45, 2.75) is 39.3 Å². The van der Waals surface area contributed by atoms with Gasteiger partial charge in [-0.1, -0.05) is 44.2 Å². The minimum absolute atomic E-state index is 0.0881. The topological polar surface area (TPSA) is 49.4 Å². The van der Waals surface area contributed by atoms with Crippen LogP contribution in [0.4, 0.5) is 4.39 Å². The zero-order valence-electron chi connectivity index (χ0n) is 15.7. The van der Waals surface area contributed by atoms with Crippen LogP contribution in [0.1, 0.15) is 54.2 Å². The Labute approximate surface area is 159 Å². The van der Waals surface area contributed by atoms with Crippen molar-refractivity contribution >= 4 is 11.8 Å². The lowest BCUT2D eigenvalue weighted by atomic mass is 10.0. The fraction of sp³-hybridized carbons (Fsp3) is 0.364. The number of nitrogens with one attached hydrogen (secondary N) is 1. The Morgan fingerprint density at radius 2 is 1.85 bits per heavy atom. The van der Waals surface area contributed by atoms with Crippen LogP contribution < -0.4 is 5.32 Å². The lowest BCUT2D eigenvalue weighted by Gasteiger charge is -2.28. The number of fused-ring (bicyclic) bond motifs is 1. The number of amides is 2. The van der Waals surface area contributed by atoms with Gasteiger partial charge in [-0.05, 0) is 41.7 Å². The smallest absolute Gasteiger partial charge is 0.255 e. The molecule has 27 heavy (non-hydrogen) atoms. The monoisotopic (exact) mass is 368 g/mol. The molecule has 0 fully saturated rings. The van der Waals surface area contributed by atoms with E-state index in [1.54, 1.807) is 17.0 Å². The number of halogens is 1. The highest BCUT2D eigenvalue weighted by Crippen LogP contribution is 2.33. The summed E-state index contributed by atoms with van der Waals surface area (Å²) in [5.41, 5.74) is 2.39. The van der Waals surface area contributed by atoms with Crippen LogP contribution in [-0.2, 0) is 11.3 Å². The van der Waals surface area contributed by atoms with Crippen LogP contribution in [0.3, 0.4) is 0 Å². The molecule has 3 rings (SSSR count). The molecule has 0 radical (unpaired) electrons. The quantitative estimate of drug-likeness (QED) is 0.801. The summed E-state index contributed by atoms with van der Waals surface area (Å²) < 4.78 is 13.4. The molecule has 1 heterocycles. The Bertz CT molecular complexity index is 817. The lowest BCUT2D eigenvalue weighted by molar-refractivity contribution is -0.122. The first-order chi connectivity index (χ1) is 13.0. The van der Waals surface area contributed by atoms with Crippen molar-refractivity contribution in [3.63, 3.8) is 0 Å². The molecule has 2 aromatic carbocycles. The average Bonchev–Trinajstić information content (AvgIpc) is 2.97. The minimum atomic E-state index is -0.426. The van der Waals surface area contributed by atoms with Crippen LogP contribution in [-0.4, -0.2) is 23.3 Å². The van der Waals surface area contributed by atoms with Gasteiger partial charge in [0, 0.05) is 18.7 Å². The zero-order chi connectivity index (χ0) is 19.4. The molecule has 2 amide bonds. The summed E-state index contributed by atoms with van der Waals surface area (Å²) in [6.45, 7) is 5.28. The highest BCUT2D eigenvalue weighted by atomic mass is 19.1. The zero-order valence-corrected chi connectivity index (χ0v) is 15.7. The van der Waals surface area contributed by atoms with Gasteiger partial charge >= 0.3 is 0 Å². The largest absolute Gasteiger partial charge is 0.356 e. The summed E-state index contributed by atoms with van der Waals surface area (Å²) in [5, 5.41) is 2.93. The molecule has 1 N–H and O–H groups in total.